The van der Waals surface area contributed by atoms with Crippen molar-refractivity contribution in [3.63, 3.8) is 0 Å². The number of fused-ring (bicyclic) bond motifs is 1. The van der Waals surface area contributed by atoms with Crippen molar-refractivity contribution in [3.05, 3.63) is 24.3 Å². The van der Waals surface area contributed by atoms with E-state index in [4.69, 9.17) is 23.2 Å². The highest BCUT2D eigenvalue weighted by Gasteiger charge is 2.39. The lowest BCUT2D eigenvalue weighted by Gasteiger charge is -2.45. The summed E-state index contributed by atoms with van der Waals surface area (Å²) in [7, 11) is 0. The van der Waals surface area contributed by atoms with Gasteiger partial charge in [0.05, 0.1) is 23.5 Å². The molecule has 0 radical (unpaired) electrons. The summed E-state index contributed by atoms with van der Waals surface area (Å²) in [6.45, 7) is 3.80. The molecule has 1 heterocycles. The smallest absolute Gasteiger partial charge is 0.242 e. The molecular formula is C14H16Cl2N2O2. The van der Waals surface area contributed by atoms with E-state index in [0.717, 1.165) is 0 Å². The van der Waals surface area contributed by atoms with E-state index in [0.29, 0.717) is 11.4 Å². The second-order valence-electron chi connectivity index (χ2n) is 4.76. The number of hydrogen-bond donors (Lipinski definition) is 0. The van der Waals surface area contributed by atoms with E-state index >= 15 is 0 Å². The summed E-state index contributed by atoms with van der Waals surface area (Å²) >= 11 is 11.4. The van der Waals surface area contributed by atoms with Crippen molar-refractivity contribution in [2.75, 3.05) is 21.6 Å². The van der Waals surface area contributed by atoms with Gasteiger partial charge in [0.1, 0.15) is 11.8 Å². The Labute approximate surface area is 128 Å². The van der Waals surface area contributed by atoms with Crippen LogP contribution in [-0.4, -0.2) is 35.7 Å². The standard InChI is InChI=1S/C14H16Cl2N2O2/c1-9-10(2)18(14(20)8-16)12-6-4-3-5-11(12)17(9)13(19)7-15/h3-6,9-10H,7-8H2,1-2H3. The predicted octanol–water partition coefficient (Wildman–Crippen LogP) is 2.62. The molecule has 2 atom stereocenters. The maximum absolute atomic E-state index is 12.1. The Bertz CT molecular complexity index is 489. The van der Waals surface area contributed by atoms with Gasteiger partial charge in [0, 0.05) is 0 Å². The third-order valence-corrected chi connectivity index (χ3v) is 4.14. The van der Waals surface area contributed by atoms with Crippen LogP contribution in [0.15, 0.2) is 24.3 Å². The first kappa shape index (κ1) is 15.1. The molecule has 0 bridgehead atoms. The molecule has 0 aliphatic carbocycles. The minimum atomic E-state index is -0.170. The topological polar surface area (TPSA) is 40.6 Å². The number of nitrogens with zero attached hydrogens (tertiary/aromatic N) is 2. The molecular weight excluding hydrogens is 299 g/mol. The Morgan fingerprint density at radius 3 is 1.60 bits per heavy atom. The molecule has 0 N–H and O–H groups in total. The van der Waals surface area contributed by atoms with Crippen LogP contribution < -0.4 is 9.80 Å². The zero-order valence-corrected chi connectivity index (χ0v) is 12.9. The summed E-state index contributed by atoms with van der Waals surface area (Å²) in [5.41, 5.74) is 1.39. The van der Waals surface area contributed by atoms with Crippen LogP contribution in [0, 0.1) is 0 Å². The van der Waals surface area contributed by atoms with Gasteiger partial charge in [-0.25, -0.2) is 0 Å². The van der Waals surface area contributed by atoms with Gasteiger partial charge in [-0.15, -0.1) is 23.2 Å². The number of hydrogen-bond acceptors (Lipinski definition) is 2. The molecule has 20 heavy (non-hydrogen) atoms. The summed E-state index contributed by atoms with van der Waals surface area (Å²) in [5, 5.41) is 0. The van der Waals surface area contributed by atoms with Crippen molar-refractivity contribution >= 4 is 46.4 Å². The minimum Gasteiger partial charge on any atom is -0.304 e. The van der Waals surface area contributed by atoms with Gasteiger partial charge < -0.3 is 9.80 Å². The number of alkyl halides is 2. The number of rotatable bonds is 2. The normalized spacial score (nSPS) is 21.6. The van der Waals surface area contributed by atoms with Crippen LogP contribution >= 0.6 is 23.2 Å². The predicted molar refractivity (Wildman–Crippen MR) is 81.8 cm³/mol. The maximum atomic E-state index is 12.1. The van der Waals surface area contributed by atoms with E-state index in [9.17, 15) is 9.59 Å². The number of amides is 2. The fourth-order valence-corrected chi connectivity index (χ4v) is 2.85. The highest BCUT2D eigenvalue weighted by Crippen LogP contribution is 2.38. The second kappa shape index (κ2) is 6.02. The molecule has 4 nitrogen and oxygen atoms in total. The summed E-state index contributed by atoms with van der Waals surface area (Å²) in [6.07, 6.45) is 0. The largest absolute Gasteiger partial charge is 0.304 e. The van der Waals surface area contributed by atoms with Gasteiger partial charge in [-0.3, -0.25) is 9.59 Å². The van der Waals surface area contributed by atoms with Crippen LogP contribution in [0.5, 0.6) is 0 Å². The van der Waals surface area contributed by atoms with Crippen molar-refractivity contribution in [1.82, 2.24) is 0 Å². The number of anilines is 2. The lowest BCUT2D eigenvalue weighted by molar-refractivity contribution is -0.119. The molecule has 1 aliphatic heterocycles. The quantitative estimate of drug-likeness (QED) is 0.787. The number of benzene rings is 1. The van der Waals surface area contributed by atoms with Gasteiger partial charge >= 0.3 is 0 Å². The Balaban J connectivity index is 2.57. The highest BCUT2D eigenvalue weighted by atomic mass is 35.5. The summed E-state index contributed by atoms with van der Waals surface area (Å²) in [6, 6.07) is 6.97. The van der Waals surface area contributed by atoms with Gasteiger partial charge in [0.25, 0.3) is 0 Å². The van der Waals surface area contributed by atoms with Gasteiger partial charge in [0.15, 0.2) is 0 Å². The number of carbonyl (C=O) groups excluding carboxylic acids is 2. The average molecular weight is 315 g/mol. The van der Waals surface area contributed by atoms with E-state index in [1.807, 2.05) is 38.1 Å². The Morgan fingerprint density at radius 2 is 1.30 bits per heavy atom. The SMILES string of the molecule is CC1C(C)N(C(=O)CCl)c2ccccc2N1C(=O)CCl. The van der Waals surface area contributed by atoms with Gasteiger partial charge in [0.2, 0.25) is 11.8 Å². The van der Waals surface area contributed by atoms with Crippen molar-refractivity contribution in [2.24, 2.45) is 0 Å². The highest BCUT2D eigenvalue weighted by molar-refractivity contribution is 6.31. The molecule has 1 aromatic carbocycles. The zero-order chi connectivity index (χ0) is 14.9. The number of carbonyl (C=O) groups is 2. The Kier molecular flexibility index (Phi) is 4.55. The van der Waals surface area contributed by atoms with E-state index in [1.54, 1.807) is 9.80 Å². The zero-order valence-electron chi connectivity index (χ0n) is 11.3. The van der Waals surface area contributed by atoms with Crippen molar-refractivity contribution in [1.29, 1.82) is 0 Å². The van der Waals surface area contributed by atoms with Gasteiger partial charge in [-0.2, -0.15) is 0 Å². The maximum Gasteiger partial charge on any atom is 0.242 e. The second-order valence-corrected chi connectivity index (χ2v) is 5.30. The molecule has 0 fully saturated rings. The number of halogens is 2. The molecule has 6 heteroatoms. The monoisotopic (exact) mass is 314 g/mol. The van der Waals surface area contributed by atoms with E-state index in [2.05, 4.69) is 0 Å². The molecule has 0 saturated carbocycles. The van der Waals surface area contributed by atoms with E-state index in [1.165, 1.54) is 0 Å². The van der Waals surface area contributed by atoms with E-state index < -0.39 is 0 Å². The molecule has 108 valence electrons. The fraction of sp³-hybridized carbons (Fsp3) is 0.429. The first-order valence-electron chi connectivity index (χ1n) is 6.38. The average Bonchev–Trinajstić information content (AvgIpc) is 2.47. The van der Waals surface area contributed by atoms with Gasteiger partial charge in [-0.1, -0.05) is 12.1 Å². The third kappa shape index (κ3) is 2.38. The minimum absolute atomic E-state index is 0.0884. The first-order chi connectivity index (χ1) is 9.52. The first-order valence-corrected chi connectivity index (χ1v) is 7.45. The number of para-hydroxylation sites is 2. The van der Waals surface area contributed by atoms with Crippen LogP contribution in [0.4, 0.5) is 11.4 Å². The molecule has 0 aromatic heterocycles. The molecule has 2 rings (SSSR count). The van der Waals surface area contributed by atoms with Gasteiger partial charge in [-0.05, 0) is 26.0 Å². The van der Waals surface area contributed by atoms with Crippen molar-refractivity contribution in [2.45, 2.75) is 25.9 Å². The Morgan fingerprint density at radius 1 is 0.950 bits per heavy atom. The molecule has 0 spiro atoms. The molecule has 2 unspecified atom stereocenters. The van der Waals surface area contributed by atoms with Crippen molar-refractivity contribution in [3.8, 4) is 0 Å². The Hall–Kier alpha value is -1.26. The summed E-state index contributed by atoms with van der Waals surface area (Å²) in [5.74, 6) is -0.517. The van der Waals surface area contributed by atoms with Crippen LogP contribution in [0.25, 0.3) is 0 Å². The van der Waals surface area contributed by atoms with Crippen LogP contribution in [0.1, 0.15) is 13.8 Å². The molecule has 1 aromatic rings. The van der Waals surface area contributed by atoms with Crippen LogP contribution in [0.2, 0.25) is 0 Å². The summed E-state index contributed by atoms with van der Waals surface area (Å²) < 4.78 is 0. The lowest BCUT2D eigenvalue weighted by Crippen LogP contribution is -2.58. The molecule has 2 amide bonds. The van der Waals surface area contributed by atoms with Crippen LogP contribution in [-0.2, 0) is 9.59 Å². The summed E-state index contributed by atoms with van der Waals surface area (Å²) in [4.78, 5) is 27.5. The molecule has 1 aliphatic rings. The lowest BCUT2D eigenvalue weighted by atomic mass is 10.0. The fourth-order valence-electron chi connectivity index (χ4n) is 2.59. The van der Waals surface area contributed by atoms with E-state index in [-0.39, 0.29) is 35.7 Å². The van der Waals surface area contributed by atoms with Crippen molar-refractivity contribution < 1.29 is 9.59 Å². The third-order valence-electron chi connectivity index (χ3n) is 3.68. The molecule has 0 saturated heterocycles. The van der Waals surface area contributed by atoms with Crippen LogP contribution in [0.3, 0.4) is 0 Å².